The Hall–Kier alpha value is -2.41. The maximum Gasteiger partial charge on any atom is 0.257 e. The van der Waals surface area contributed by atoms with Gasteiger partial charge in [-0.1, -0.05) is 18.2 Å². The van der Waals surface area contributed by atoms with E-state index in [2.05, 4.69) is 9.97 Å². The lowest BCUT2D eigenvalue weighted by Crippen LogP contribution is -2.21. The molecule has 4 rings (SSSR count). The average molecular weight is 344 g/mol. The lowest BCUT2D eigenvalue weighted by atomic mass is 9.94. The molecule has 2 N–H and O–H groups in total. The predicted molar refractivity (Wildman–Crippen MR) is 93.4 cm³/mol. The Bertz CT molecular complexity index is 1200. The van der Waals surface area contributed by atoms with E-state index >= 15 is 0 Å². The number of fused-ring (bicyclic) bond motifs is 3. The van der Waals surface area contributed by atoms with Crippen molar-refractivity contribution in [3.63, 3.8) is 0 Å². The van der Waals surface area contributed by atoms with Crippen LogP contribution in [0.15, 0.2) is 33.9 Å². The van der Waals surface area contributed by atoms with Gasteiger partial charge in [-0.3, -0.25) is 9.59 Å². The molecule has 1 saturated heterocycles. The fourth-order valence-corrected chi connectivity index (χ4v) is 5.44. The van der Waals surface area contributed by atoms with Gasteiger partial charge in [-0.2, -0.15) is 0 Å². The summed E-state index contributed by atoms with van der Waals surface area (Å²) in [6.07, 6.45) is 0.457. The van der Waals surface area contributed by atoms with Gasteiger partial charge in [-0.25, -0.2) is 8.42 Å². The molecule has 124 valence electrons. The molecule has 0 bridgehead atoms. The Morgan fingerprint density at radius 2 is 1.79 bits per heavy atom. The van der Waals surface area contributed by atoms with Crippen LogP contribution >= 0.6 is 0 Å². The van der Waals surface area contributed by atoms with Crippen LogP contribution in [0.3, 0.4) is 0 Å². The van der Waals surface area contributed by atoms with E-state index in [1.807, 2.05) is 0 Å². The Morgan fingerprint density at radius 1 is 1.08 bits per heavy atom. The van der Waals surface area contributed by atoms with Crippen molar-refractivity contribution in [1.82, 2.24) is 9.97 Å². The molecule has 24 heavy (non-hydrogen) atoms. The van der Waals surface area contributed by atoms with Gasteiger partial charge in [0, 0.05) is 27.9 Å². The third kappa shape index (κ3) is 2.19. The van der Waals surface area contributed by atoms with Crippen molar-refractivity contribution in [2.24, 2.45) is 0 Å². The molecule has 1 aromatic carbocycles. The molecule has 0 radical (unpaired) electrons. The van der Waals surface area contributed by atoms with Gasteiger partial charge in [0.1, 0.15) is 5.65 Å². The van der Waals surface area contributed by atoms with Crippen molar-refractivity contribution in [1.29, 1.82) is 0 Å². The number of pyridine rings is 2. The van der Waals surface area contributed by atoms with Crippen LogP contribution in [0.25, 0.3) is 21.8 Å². The summed E-state index contributed by atoms with van der Waals surface area (Å²) in [7, 11) is -3.09. The molecule has 0 unspecified atom stereocenters. The Balaban J connectivity index is 2.11. The fourth-order valence-electron chi connectivity index (χ4n) is 3.68. The average Bonchev–Trinajstić information content (AvgIpc) is 2.87. The van der Waals surface area contributed by atoms with Crippen LogP contribution in [-0.4, -0.2) is 29.9 Å². The number of benzene rings is 1. The van der Waals surface area contributed by atoms with Crippen molar-refractivity contribution in [2.75, 3.05) is 11.5 Å². The van der Waals surface area contributed by atoms with Crippen LogP contribution in [0.1, 0.15) is 23.6 Å². The van der Waals surface area contributed by atoms with Gasteiger partial charge in [-0.05, 0) is 19.4 Å². The molecular formula is C17H16N2O4S. The van der Waals surface area contributed by atoms with E-state index in [9.17, 15) is 18.0 Å². The topological polar surface area (TPSA) is 99.9 Å². The maximum atomic E-state index is 13.1. The van der Waals surface area contributed by atoms with Gasteiger partial charge in [0.05, 0.1) is 16.9 Å². The monoisotopic (exact) mass is 344 g/mol. The van der Waals surface area contributed by atoms with Gasteiger partial charge in [-0.15, -0.1) is 0 Å². The van der Waals surface area contributed by atoms with Crippen LogP contribution in [0.5, 0.6) is 0 Å². The predicted octanol–water partition coefficient (Wildman–Crippen LogP) is 1.58. The number of hydrogen-bond donors (Lipinski definition) is 2. The van der Waals surface area contributed by atoms with Crippen molar-refractivity contribution >= 4 is 31.6 Å². The molecule has 3 heterocycles. The third-order valence-electron chi connectivity index (χ3n) is 4.76. The summed E-state index contributed by atoms with van der Waals surface area (Å²) in [5.41, 5.74) is 1.05. The lowest BCUT2D eigenvalue weighted by Gasteiger charge is -2.13. The summed E-state index contributed by atoms with van der Waals surface area (Å²) in [5.74, 6) is -0.182. The number of aryl methyl sites for hydroxylation is 1. The molecule has 0 saturated carbocycles. The Morgan fingerprint density at radius 3 is 2.46 bits per heavy atom. The van der Waals surface area contributed by atoms with E-state index in [4.69, 9.17) is 0 Å². The SMILES string of the molecule is Cc1[nH]c2[nH]c(=O)c3ccccc3c2c(=O)c1[C@H]1CCS(=O)(=O)C1. The molecule has 1 aliphatic rings. The van der Waals surface area contributed by atoms with Crippen molar-refractivity contribution in [3.8, 4) is 0 Å². The van der Waals surface area contributed by atoms with Crippen LogP contribution < -0.4 is 11.0 Å². The van der Waals surface area contributed by atoms with Crippen molar-refractivity contribution < 1.29 is 8.42 Å². The molecule has 0 amide bonds. The molecule has 3 aromatic rings. The van der Waals surface area contributed by atoms with E-state index < -0.39 is 9.84 Å². The summed E-state index contributed by atoms with van der Waals surface area (Å²) in [5, 5.41) is 1.44. The first-order chi connectivity index (χ1) is 11.4. The number of H-pyrrole nitrogens is 2. The molecule has 7 heteroatoms. The minimum Gasteiger partial charge on any atom is -0.344 e. The first-order valence-corrected chi connectivity index (χ1v) is 9.57. The van der Waals surface area contributed by atoms with Crippen LogP contribution in [0.4, 0.5) is 0 Å². The maximum absolute atomic E-state index is 13.1. The van der Waals surface area contributed by atoms with Gasteiger partial charge in [0.15, 0.2) is 15.3 Å². The number of aromatic amines is 2. The van der Waals surface area contributed by atoms with Crippen LogP contribution in [0.2, 0.25) is 0 Å². The van der Waals surface area contributed by atoms with Gasteiger partial charge in [0.25, 0.3) is 5.56 Å². The molecule has 2 aromatic heterocycles. The van der Waals surface area contributed by atoms with Crippen LogP contribution in [-0.2, 0) is 9.84 Å². The van der Waals surface area contributed by atoms with Crippen molar-refractivity contribution in [3.05, 3.63) is 56.1 Å². The van der Waals surface area contributed by atoms with Crippen molar-refractivity contribution in [2.45, 2.75) is 19.3 Å². The minimum absolute atomic E-state index is 0.00368. The van der Waals surface area contributed by atoms with E-state index in [1.54, 1.807) is 31.2 Å². The lowest BCUT2D eigenvalue weighted by molar-refractivity contribution is 0.601. The van der Waals surface area contributed by atoms with Gasteiger partial charge >= 0.3 is 0 Å². The highest BCUT2D eigenvalue weighted by Gasteiger charge is 2.32. The summed E-state index contributed by atoms with van der Waals surface area (Å²) in [4.78, 5) is 31.1. The highest BCUT2D eigenvalue weighted by atomic mass is 32.2. The van der Waals surface area contributed by atoms with Gasteiger partial charge < -0.3 is 9.97 Å². The molecule has 0 spiro atoms. The quantitative estimate of drug-likeness (QED) is 0.655. The normalized spacial score (nSPS) is 20.0. The third-order valence-corrected chi connectivity index (χ3v) is 6.53. The zero-order valence-electron chi connectivity index (χ0n) is 13.0. The molecule has 1 atom stereocenters. The second-order valence-electron chi connectivity index (χ2n) is 6.34. The first kappa shape index (κ1) is 15.1. The molecule has 1 aliphatic heterocycles. The second-order valence-corrected chi connectivity index (χ2v) is 8.57. The fraction of sp³-hybridized carbons (Fsp3) is 0.294. The van der Waals surface area contributed by atoms with E-state index in [1.165, 1.54) is 0 Å². The zero-order valence-corrected chi connectivity index (χ0v) is 13.9. The van der Waals surface area contributed by atoms with Crippen LogP contribution in [0, 0.1) is 6.92 Å². The highest BCUT2D eigenvalue weighted by molar-refractivity contribution is 7.91. The Kier molecular flexibility index (Phi) is 3.18. The summed E-state index contributed by atoms with van der Waals surface area (Å²) in [6.45, 7) is 1.74. The minimum atomic E-state index is -3.09. The number of rotatable bonds is 1. The summed E-state index contributed by atoms with van der Waals surface area (Å²) >= 11 is 0. The van der Waals surface area contributed by atoms with Gasteiger partial charge in [0.2, 0.25) is 0 Å². The number of sulfone groups is 1. The second kappa shape index (κ2) is 5.04. The summed E-state index contributed by atoms with van der Waals surface area (Å²) < 4.78 is 23.6. The van der Waals surface area contributed by atoms with E-state index in [0.717, 1.165) is 0 Å². The molecule has 6 nitrogen and oxygen atoms in total. The van der Waals surface area contributed by atoms with E-state index in [-0.39, 0.29) is 28.4 Å². The number of hydrogen-bond acceptors (Lipinski definition) is 4. The standard InChI is InChI=1S/C17H16N2O4S/c1-9-13(10-6-7-24(22,23)8-10)15(20)14-11-4-2-3-5-12(11)17(21)19-16(14)18-9/h2-5,10H,6-8H2,1H3,(H2,18,19,20,21)/t10-/m0/s1. The van der Waals surface area contributed by atoms with E-state index in [0.29, 0.717) is 39.5 Å². The zero-order chi connectivity index (χ0) is 17.1. The highest BCUT2D eigenvalue weighted by Crippen LogP contribution is 2.30. The smallest absolute Gasteiger partial charge is 0.257 e. The number of nitrogens with one attached hydrogen (secondary N) is 2. The molecule has 1 fully saturated rings. The molecular weight excluding hydrogens is 328 g/mol. The first-order valence-electron chi connectivity index (χ1n) is 7.75. The molecule has 0 aliphatic carbocycles. The Labute approximate surface area is 137 Å². The number of aromatic nitrogens is 2. The largest absolute Gasteiger partial charge is 0.344 e. The summed E-state index contributed by atoms with van der Waals surface area (Å²) in [6, 6.07) is 6.94.